The summed E-state index contributed by atoms with van der Waals surface area (Å²) in [4.78, 5) is 28.5. The third-order valence-electron chi connectivity index (χ3n) is 2.78. The Balaban J connectivity index is 2.82. The van der Waals surface area contributed by atoms with Crippen molar-refractivity contribution in [3.05, 3.63) is 34.2 Å². The first-order valence-electron chi connectivity index (χ1n) is 5.33. The predicted octanol–water partition coefficient (Wildman–Crippen LogP) is 0.698. The summed E-state index contributed by atoms with van der Waals surface area (Å²) in [5, 5.41) is 8.91. The van der Waals surface area contributed by atoms with Crippen LogP contribution in [0.4, 0.5) is 5.69 Å². The van der Waals surface area contributed by atoms with Crippen LogP contribution in [0.15, 0.2) is 23.0 Å². The zero-order valence-electron chi connectivity index (χ0n) is 10.3. The van der Waals surface area contributed by atoms with Gasteiger partial charge in [0.15, 0.2) is 0 Å². The number of fused-ring (bicyclic) bond motifs is 1. The number of aromatic nitrogens is 2. The molecule has 0 saturated heterocycles. The summed E-state index contributed by atoms with van der Waals surface area (Å²) in [5.41, 5.74) is 0.951. The topological polar surface area (TPSA) is 75.4 Å². The van der Waals surface area contributed by atoms with Crippen molar-refractivity contribution in [3.8, 4) is 0 Å². The first-order valence-corrected chi connectivity index (χ1v) is 5.33. The average Bonchev–Trinajstić information content (AvgIpc) is 2.32. The Hall–Kier alpha value is -2.37. The van der Waals surface area contributed by atoms with Crippen LogP contribution in [0.2, 0.25) is 0 Å². The number of anilines is 1. The van der Waals surface area contributed by atoms with Gasteiger partial charge in [0, 0.05) is 26.8 Å². The van der Waals surface area contributed by atoms with Gasteiger partial charge in [0.1, 0.15) is 0 Å². The molecule has 0 unspecified atom stereocenters. The van der Waals surface area contributed by atoms with Crippen LogP contribution in [0, 0.1) is 0 Å². The average molecular weight is 247 g/mol. The Bertz CT molecular complexity index is 689. The molecule has 1 aromatic heterocycles. The minimum atomic E-state index is -1.31. The van der Waals surface area contributed by atoms with Crippen molar-refractivity contribution in [2.45, 2.75) is 0 Å². The summed E-state index contributed by atoms with van der Waals surface area (Å²) >= 11 is 0. The van der Waals surface area contributed by atoms with Gasteiger partial charge in [-0.3, -0.25) is 4.79 Å². The van der Waals surface area contributed by atoms with Gasteiger partial charge in [-0.15, -0.1) is 0 Å². The van der Waals surface area contributed by atoms with Gasteiger partial charge in [-0.25, -0.2) is 9.78 Å². The maximum atomic E-state index is 11.8. The molecule has 1 aromatic carbocycles. The number of rotatable bonds is 2. The molecule has 0 radical (unpaired) electrons. The predicted molar refractivity (Wildman–Crippen MR) is 68.3 cm³/mol. The molecule has 0 aliphatic rings. The van der Waals surface area contributed by atoms with Gasteiger partial charge in [0.05, 0.1) is 11.0 Å². The van der Waals surface area contributed by atoms with Crippen LogP contribution in [-0.2, 0) is 7.05 Å². The zero-order chi connectivity index (χ0) is 13.4. The minimum Gasteiger partial charge on any atom is -0.476 e. The lowest BCUT2D eigenvalue weighted by molar-refractivity contribution is 0.0688. The van der Waals surface area contributed by atoms with E-state index in [9.17, 15) is 9.59 Å². The van der Waals surface area contributed by atoms with Gasteiger partial charge in [-0.2, -0.15) is 0 Å². The third-order valence-corrected chi connectivity index (χ3v) is 2.78. The van der Waals surface area contributed by atoms with Crippen molar-refractivity contribution in [1.82, 2.24) is 9.55 Å². The highest BCUT2D eigenvalue weighted by molar-refractivity contribution is 5.88. The van der Waals surface area contributed by atoms with E-state index in [4.69, 9.17) is 5.11 Å². The van der Waals surface area contributed by atoms with Crippen LogP contribution in [0.3, 0.4) is 0 Å². The summed E-state index contributed by atoms with van der Waals surface area (Å²) in [5.74, 6) is -1.31. The van der Waals surface area contributed by atoms with Crippen molar-refractivity contribution in [2.24, 2.45) is 7.05 Å². The second-order valence-electron chi connectivity index (χ2n) is 4.20. The molecule has 2 rings (SSSR count). The molecule has 0 amide bonds. The Morgan fingerprint density at radius 3 is 2.61 bits per heavy atom. The van der Waals surface area contributed by atoms with E-state index in [1.165, 1.54) is 11.6 Å². The third kappa shape index (κ3) is 1.81. The standard InChI is InChI=1S/C12H13N3O3/c1-14(2)7-4-5-8-9(6-7)15(3)11(16)10(13-8)12(17)18/h4-6H,1-3H3,(H,17,18). The molecule has 6 heteroatoms. The van der Waals surface area contributed by atoms with Crippen molar-refractivity contribution >= 4 is 22.7 Å². The van der Waals surface area contributed by atoms with Crippen LogP contribution in [-0.4, -0.2) is 34.7 Å². The van der Waals surface area contributed by atoms with Crippen LogP contribution >= 0.6 is 0 Å². The Morgan fingerprint density at radius 1 is 1.39 bits per heavy atom. The summed E-state index contributed by atoms with van der Waals surface area (Å²) in [6.07, 6.45) is 0. The maximum absolute atomic E-state index is 11.8. The fourth-order valence-electron chi connectivity index (χ4n) is 1.73. The number of aryl methyl sites for hydroxylation is 1. The molecule has 0 fully saturated rings. The largest absolute Gasteiger partial charge is 0.476 e. The molecule has 0 aliphatic carbocycles. The van der Waals surface area contributed by atoms with Crippen molar-refractivity contribution in [1.29, 1.82) is 0 Å². The molecule has 6 nitrogen and oxygen atoms in total. The summed E-state index contributed by atoms with van der Waals surface area (Å²) in [7, 11) is 5.31. The Morgan fingerprint density at radius 2 is 2.06 bits per heavy atom. The second kappa shape index (κ2) is 4.14. The van der Waals surface area contributed by atoms with E-state index in [0.29, 0.717) is 11.0 Å². The van der Waals surface area contributed by atoms with E-state index in [1.54, 1.807) is 12.1 Å². The molecule has 94 valence electrons. The molecular formula is C12H13N3O3. The van der Waals surface area contributed by atoms with Crippen molar-refractivity contribution in [3.63, 3.8) is 0 Å². The highest BCUT2D eigenvalue weighted by Crippen LogP contribution is 2.18. The number of carboxylic acid groups (broad SMARTS) is 1. The number of hydrogen-bond donors (Lipinski definition) is 1. The van der Waals surface area contributed by atoms with Crippen molar-refractivity contribution < 1.29 is 9.90 Å². The lowest BCUT2D eigenvalue weighted by Crippen LogP contribution is -2.26. The first-order chi connectivity index (χ1) is 8.41. The van der Waals surface area contributed by atoms with E-state index >= 15 is 0 Å². The molecule has 0 aliphatic heterocycles. The van der Waals surface area contributed by atoms with E-state index in [0.717, 1.165) is 5.69 Å². The van der Waals surface area contributed by atoms with E-state index in [2.05, 4.69) is 4.98 Å². The Labute approximate surface area is 103 Å². The number of carbonyl (C=O) groups is 1. The van der Waals surface area contributed by atoms with Gasteiger partial charge in [0.25, 0.3) is 5.56 Å². The fraction of sp³-hybridized carbons (Fsp3) is 0.250. The number of nitrogens with zero attached hydrogens (tertiary/aromatic N) is 3. The fourth-order valence-corrected chi connectivity index (χ4v) is 1.73. The van der Waals surface area contributed by atoms with Gasteiger partial charge in [-0.05, 0) is 18.2 Å². The quantitative estimate of drug-likeness (QED) is 0.845. The highest BCUT2D eigenvalue weighted by atomic mass is 16.4. The first kappa shape index (κ1) is 12.1. The minimum absolute atomic E-state index is 0.456. The van der Waals surface area contributed by atoms with Gasteiger partial charge < -0.3 is 14.6 Å². The van der Waals surface area contributed by atoms with Crippen LogP contribution < -0.4 is 10.5 Å². The smallest absolute Gasteiger partial charge is 0.360 e. The van der Waals surface area contributed by atoms with Crippen LogP contribution in [0.1, 0.15) is 10.5 Å². The summed E-state index contributed by atoms with van der Waals surface area (Å²) < 4.78 is 1.30. The number of aromatic carboxylic acids is 1. The van der Waals surface area contributed by atoms with E-state index in [1.807, 2.05) is 25.1 Å². The molecule has 0 saturated carbocycles. The lowest BCUT2D eigenvalue weighted by atomic mass is 10.2. The van der Waals surface area contributed by atoms with Crippen LogP contribution in [0.5, 0.6) is 0 Å². The maximum Gasteiger partial charge on any atom is 0.360 e. The van der Waals surface area contributed by atoms with Gasteiger partial charge in [-0.1, -0.05) is 0 Å². The highest BCUT2D eigenvalue weighted by Gasteiger charge is 2.15. The second-order valence-corrected chi connectivity index (χ2v) is 4.20. The number of benzene rings is 1. The molecule has 0 atom stereocenters. The number of carboxylic acids is 1. The summed E-state index contributed by atoms with van der Waals surface area (Å²) in [6, 6.07) is 5.33. The molecular weight excluding hydrogens is 234 g/mol. The van der Waals surface area contributed by atoms with E-state index in [-0.39, 0.29) is 0 Å². The van der Waals surface area contributed by atoms with Gasteiger partial charge in [0.2, 0.25) is 5.69 Å². The van der Waals surface area contributed by atoms with Gasteiger partial charge >= 0.3 is 5.97 Å². The van der Waals surface area contributed by atoms with Crippen LogP contribution in [0.25, 0.3) is 11.0 Å². The lowest BCUT2D eigenvalue weighted by Gasteiger charge is -2.14. The van der Waals surface area contributed by atoms with E-state index < -0.39 is 17.2 Å². The monoisotopic (exact) mass is 247 g/mol. The molecule has 0 spiro atoms. The molecule has 2 aromatic rings. The Kier molecular flexibility index (Phi) is 2.78. The molecule has 0 bridgehead atoms. The van der Waals surface area contributed by atoms with Crippen molar-refractivity contribution in [2.75, 3.05) is 19.0 Å². The molecule has 1 N–H and O–H groups in total. The molecule has 1 heterocycles. The summed E-state index contributed by atoms with van der Waals surface area (Å²) in [6.45, 7) is 0. The normalized spacial score (nSPS) is 10.6. The zero-order valence-corrected chi connectivity index (χ0v) is 10.3. The number of hydrogen-bond acceptors (Lipinski definition) is 4. The molecule has 18 heavy (non-hydrogen) atoms. The SMILES string of the molecule is CN(C)c1ccc2nc(C(=O)O)c(=O)n(C)c2c1.